The summed E-state index contributed by atoms with van der Waals surface area (Å²) in [6.45, 7) is 1.44. The van der Waals surface area contributed by atoms with Crippen LogP contribution in [-0.2, 0) is 4.79 Å². The second kappa shape index (κ2) is 6.45. The maximum atomic E-state index is 13.0. The molecular weight excluding hydrogens is 332 g/mol. The van der Waals surface area contributed by atoms with Crippen molar-refractivity contribution in [2.24, 2.45) is 0 Å². The summed E-state index contributed by atoms with van der Waals surface area (Å²) in [6.07, 6.45) is 0. The summed E-state index contributed by atoms with van der Waals surface area (Å²) in [4.78, 5) is 37.0. The molecule has 0 atom stereocenters. The predicted octanol–water partition coefficient (Wildman–Crippen LogP) is 3.00. The number of carbonyl (C=O) groups is 3. The van der Waals surface area contributed by atoms with Gasteiger partial charge >= 0.3 is 5.97 Å². The third kappa shape index (κ3) is 2.67. The first-order valence-electron chi connectivity index (χ1n) is 7.27. The Bertz CT molecular complexity index is 856. The fraction of sp³-hybridized carbons (Fsp3) is 0.167. The second-order valence-corrected chi connectivity index (χ2v) is 5.52. The lowest BCUT2D eigenvalue weighted by Crippen LogP contribution is -2.23. The van der Waals surface area contributed by atoms with Crippen molar-refractivity contribution in [3.05, 3.63) is 58.7 Å². The van der Waals surface area contributed by atoms with E-state index in [9.17, 15) is 14.4 Å². The van der Waals surface area contributed by atoms with Gasteiger partial charge in [-0.1, -0.05) is 24.3 Å². The molecule has 0 spiro atoms. The summed E-state index contributed by atoms with van der Waals surface area (Å²) >= 11 is 5.63. The predicted molar refractivity (Wildman–Crippen MR) is 87.3 cm³/mol. The molecule has 2 aromatic carbocycles. The molecule has 122 valence electrons. The van der Waals surface area contributed by atoms with Gasteiger partial charge in [-0.15, -0.1) is 11.6 Å². The molecule has 5 nitrogen and oxygen atoms in total. The van der Waals surface area contributed by atoms with Gasteiger partial charge in [0.25, 0.3) is 0 Å². The van der Waals surface area contributed by atoms with E-state index in [0.29, 0.717) is 0 Å². The van der Waals surface area contributed by atoms with Gasteiger partial charge in [0.15, 0.2) is 5.78 Å². The van der Waals surface area contributed by atoms with E-state index in [1.54, 1.807) is 24.3 Å². The van der Waals surface area contributed by atoms with E-state index < -0.39 is 11.8 Å². The van der Waals surface area contributed by atoms with Gasteiger partial charge in [-0.25, -0.2) is 0 Å². The Morgan fingerprint density at radius 2 is 1.54 bits per heavy atom. The maximum absolute atomic E-state index is 13.0. The van der Waals surface area contributed by atoms with Gasteiger partial charge in [0.2, 0.25) is 5.78 Å². The van der Waals surface area contributed by atoms with E-state index in [1.165, 1.54) is 19.1 Å². The number of ketones is 2. The summed E-state index contributed by atoms with van der Waals surface area (Å²) < 4.78 is 10.6. The number of benzene rings is 2. The summed E-state index contributed by atoms with van der Waals surface area (Å²) in [5.74, 6) is -0.695. The lowest BCUT2D eigenvalue weighted by Gasteiger charge is -2.21. The normalized spacial score (nSPS) is 12.4. The molecule has 1 aliphatic rings. The molecule has 3 rings (SSSR count). The molecule has 0 aromatic heterocycles. The Balaban J connectivity index is 2.18. The van der Waals surface area contributed by atoms with Crippen molar-refractivity contribution < 1.29 is 23.9 Å². The van der Waals surface area contributed by atoms with E-state index in [-0.39, 0.29) is 52.0 Å². The highest BCUT2D eigenvalue weighted by molar-refractivity contribution is 6.30. The highest BCUT2D eigenvalue weighted by Crippen LogP contribution is 2.37. The van der Waals surface area contributed by atoms with E-state index in [2.05, 4.69) is 0 Å². The molecule has 0 radical (unpaired) electrons. The van der Waals surface area contributed by atoms with Crippen LogP contribution in [0.25, 0.3) is 0 Å². The number of hydrogen-bond donors (Lipinski definition) is 0. The molecular formula is C18H13ClO5. The van der Waals surface area contributed by atoms with Crippen molar-refractivity contribution in [2.45, 2.75) is 6.92 Å². The summed E-state index contributed by atoms with van der Waals surface area (Å²) in [5.41, 5.74) is 0.715. The van der Waals surface area contributed by atoms with Crippen molar-refractivity contribution in [2.75, 3.05) is 12.5 Å². The summed E-state index contributed by atoms with van der Waals surface area (Å²) in [5, 5.41) is 0. The molecule has 0 unspecified atom stereocenters. The Labute approximate surface area is 143 Å². The van der Waals surface area contributed by atoms with Crippen LogP contribution in [0.4, 0.5) is 0 Å². The highest BCUT2D eigenvalue weighted by atomic mass is 35.5. The van der Waals surface area contributed by atoms with Crippen molar-refractivity contribution in [3.8, 4) is 11.5 Å². The molecule has 0 aliphatic heterocycles. The maximum Gasteiger partial charge on any atom is 0.308 e. The highest BCUT2D eigenvalue weighted by Gasteiger charge is 2.34. The minimum atomic E-state index is -0.568. The van der Waals surface area contributed by atoms with Crippen molar-refractivity contribution in [3.63, 3.8) is 0 Å². The summed E-state index contributed by atoms with van der Waals surface area (Å²) in [7, 11) is 0. The quantitative estimate of drug-likeness (QED) is 0.413. The minimum absolute atomic E-state index is 0.0659. The Morgan fingerprint density at radius 3 is 2.12 bits per heavy atom. The largest absolute Gasteiger partial charge is 0.492 e. The van der Waals surface area contributed by atoms with Crippen LogP contribution in [0.5, 0.6) is 11.5 Å². The molecule has 1 aliphatic carbocycles. The number of esters is 1. The topological polar surface area (TPSA) is 69.7 Å². The standard InChI is InChI=1S/C18H13ClO5/c1-10(20)24-14-7-3-5-12-16(14)18(22)15-11(17(12)21)4-2-6-13(15)23-9-8-19/h2-7H,8-9H2,1H3. The molecule has 0 saturated heterocycles. The second-order valence-electron chi connectivity index (χ2n) is 5.15. The monoisotopic (exact) mass is 344 g/mol. The average Bonchev–Trinajstić information content (AvgIpc) is 2.56. The third-order valence-electron chi connectivity index (χ3n) is 3.58. The van der Waals surface area contributed by atoms with Gasteiger partial charge in [-0.2, -0.15) is 0 Å². The third-order valence-corrected chi connectivity index (χ3v) is 3.74. The van der Waals surface area contributed by atoms with E-state index in [1.807, 2.05) is 0 Å². The smallest absolute Gasteiger partial charge is 0.308 e. The van der Waals surface area contributed by atoms with Crippen LogP contribution < -0.4 is 9.47 Å². The minimum Gasteiger partial charge on any atom is -0.492 e. The number of alkyl halides is 1. The molecule has 0 fully saturated rings. The van der Waals surface area contributed by atoms with E-state index in [4.69, 9.17) is 21.1 Å². The van der Waals surface area contributed by atoms with Crippen LogP contribution in [0, 0.1) is 0 Å². The number of fused-ring (bicyclic) bond motifs is 2. The zero-order valence-electron chi connectivity index (χ0n) is 12.8. The number of rotatable bonds is 4. The van der Waals surface area contributed by atoms with Gasteiger partial charge in [0.05, 0.1) is 17.0 Å². The van der Waals surface area contributed by atoms with E-state index in [0.717, 1.165) is 0 Å². The van der Waals surface area contributed by atoms with Gasteiger partial charge in [0, 0.05) is 18.1 Å². The van der Waals surface area contributed by atoms with Crippen LogP contribution >= 0.6 is 11.6 Å². The number of carbonyl (C=O) groups excluding carboxylic acids is 3. The van der Waals surface area contributed by atoms with Crippen molar-refractivity contribution >= 4 is 29.1 Å². The molecule has 0 heterocycles. The number of hydrogen-bond acceptors (Lipinski definition) is 5. The fourth-order valence-corrected chi connectivity index (χ4v) is 2.77. The lowest BCUT2D eigenvalue weighted by atomic mass is 9.83. The Morgan fingerprint density at radius 1 is 0.958 bits per heavy atom. The lowest BCUT2D eigenvalue weighted by molar-refractivity contribution is -0.131. The summed E-state index contributed by atoms with van der Waals surface area (Å²) in [6, 6.07) is 9.42. The fourth-order valence-electron chi connectivity index (χ4n) is 2.69. The van der Waals surface area contributed by atoms with Crippen LogP contribution in [0.15, 0.2) is 36.4 Å². The molecule has 0 N–H and O–H groups in total. The molecule has 6 heteroatoms. The van der Waals surface area contributed by atoms with Gasteiger partial charge in [-0.3, -0.25) is 14.4 Å². The molecule has 0 bridgehead atoms. The molecule has 24 heavy (non-hydrogen) atoms. The van der Waals surface area contributed by atoms with Crippen LogP contribution in [0.2, 0.25) is 0 Å². The van der Waals surface area contributed by atoms with Crippen molar-refractivity contribution in [1.29, 1.82) is 0 Å². The SMILES string of the molecule is CC(=O)Oc1cccc2c1C(=O)c1c(OCCCl)cccc1C2=O. The molecule has 0 saturated carbocycles. The molecule has 0 amide bonds. The van der Waals surface area contributed by atoms with Crippen molar-refractivity contribution in [1.82, 2.24) is 0 Å². The zero-order chi connectivity index (χ0) is 17.3. The average molecular weight is 345 g/mol. The van der Waals surface area contributed by atoms with Gasteiger partial charge in [-0.05, 0) is 12.1 Å². The first kappa shape index (κ1) is 16.2. The Kier molecular flexibility index (Phi) is 4.36. The first-order chi connectivity index (χ1) is 11.5. The van der Waals surface area contributed by atoms with Crippen LogP contribution in [-0.4, -0.2) is 30.0 Å². The van der Waals surface area contributed by atoms with Gasteiger partial charge < -0.3 is 9.47 Å². The number of ether oxygens (including phenoxy) is 2. The van der Waals surface area contributed by atoms with E-state index >= 15 is 0 Å². The number of halogens is 1. The van der Waals surface area contributed by atoms with Crippen LogP contribution in [0.3, 0.4) is 0 Å². The Hall–Kier alpha value is -2.66. The first-order valence-corrected chi connectivity index (χ1v) is 7.80. The molecule has 2 aromatic rings. The van der Waals surface area contributed by atoms with Crippen LogP contribution in [0.1, 0.15) is 38.8 Å². The zero-order valence-corrected chi connectivity index (χ0v) is 13.6. The van der Waals surface area contributed by atoms with Gasteiger partial charge in [0.1, 0.15) is 18.1 Å².